The summed E-state index contributed by atoms with van der Waals surface area (Å²) in [6.07, 6.45) is 3.24. The molecule has 10 heteroatoms. The molecule has 174 valence electrons. The van der Waals surface area contributed by atoms with Crippen LogP contribution < -0.4 is 9.92 Å². The first-order chi connectivity index (χ1) is 16.3. The van der Waals surface area contributed by atoms with Gasteiger partial charge in [-0.1, -0.05) is 30.3 Å². The van der Waals surface area contributed by atoms with E-state index < -0.39 is 21.6 Å². The van der Waals surface area contributed by atoms with Gasteiger partial charge in [0.2, 0.25) is 5.95 Å². The third-order valence-electron chi connectivity index (χ3n) is 5.81. The number of hydrogen-bond donors (Lipinski definition) is 1. The monoisotopic (exact) mass is 479 g/mol. The number of guanidine groups is 1. The summed E-state index contributed by atoms with van der Waals surface area (Å²) in [6, 6.07) is 17.4. The fourth-order valence-corrected chi connectivity index (χ4v) is 4.87. The maximum atomic E-state index is 14.5. The summed E-state index contributed by atoms with van der Waals surface area (Å²) in [7, 11) is -3.67. The molecule has 0 radical (unpaired) electrons. The lowest BCUT2D eigenvalue weighted by Crippen LogP contribution is -2.46. The van der Waals surface area contributed by atoms with E-state index in [9.17, 15) is 12.8 Å². The quantitative estimate of drug-likeness (QED) is 0.445. The molecule has 0 saturated heterocycles. The van der Waals surface area contributed by atoms with Crippen molar-refractivity contribution in [2.75, 3.05) is 19.3 Å². The van der Waals surface area contributed by atoms with E-state index in [-0.39, 0.29) is 5.75 Å². The molecule has 1 unspecified atom stereocenters. The first-order valence-electron chi connectivity index (χ1n) is 10.7. The van der Waals surface area contributed by atoms with Crippen LogP contribution in [0, 0.1) is 5.95 Å². The largest absolute Gasteiger partial charge is 0.383 e. The lowest BCUT2D eigenvalue weighted by atomic mass is 9.81. The first-order valence-corrected chi connectivity index (χ1v) is 12.5. The normalized spacial score (nSPS) is 19.9. The summed E-state index contributed by atoms with van der Waals surface area (Å²) in [6.45, 7) is 1.31. The fourth-order valence-electron chi connectivity index (χ4n) is 4.41. The number of nitrogens with two attached hydrogens (primary N) is 1. The van der Waals surface area contributed by atoms with Crippen LogP contribution in [0.3, 0.4) is 0 Å². The van der Waals surface area contributed by atoms with Gasteiger partial charge in [0.1, 0.15) is 11.6 Å². The van der Waals surface area contributed by atoms with Gasteiger partial charge in [-0.2, -0.15) is 12.8 Å². The van der Waals surface area contributed by atoms with Crippen LogP contribution in [-0.2, 0) is 15.7 Å². The third kappa shape index (κ3) is 3.79. The van der Waals surface area contributed by atoms with Crippen LogP contribution in [0.4, 0.5) is 4.39 Å². The van der Waals surface area contributed by atoms with Crippen molar-refractivity contribution in [1.29, 1.82) is 0 Å². The smallest absolute Gasteiger partial charge is 0.306 e. The first kappa shape index (κ1) is 22.0. The van der Waals surface area contributed by atoms with Crippen molar-refractivity contribution in [1.82, 2.24) is 9.88 Å². The van der Waals surface area contributed by atoms with E-state index >= 15 is 0 Å². The molecule has 2 aliphatic rings. The average Bonchev–Trinajstić information content (AvgIpc) is 3.13. The molecule has 0 fully saturated rings. The predicted octanol–water partition coefficient (Wildman–Crippen LogP) is 2.90. The highest BCUT2D eigenvalue weighted by Gasteiger charge is 2.49. The van der Waals surface area contributed by atoms with Crippen LogP contribution >= 0.6 is 0 Å². The number of halogens is 1. The van der Waals surface area contributed by atoms with Crippen LogP contribution in [0.25, 0.3) is 11.1 Å². The Morgan fingerprint density at radius 1 is 1.09 bits per heavy atom. The molecule has 3 heterocycles. The molecule has 34 heavy (non-hydrogen) atoms. The van der Waals surface area contributed by atoms with Crippen LogP contribution in [0.5, 0.6) is 5.75 Å². The zero-order valence-electron chi connectivity index (χ0n) is 18.3. The highest BCUT2D eigenvalue weighted by molar-refractivity contribution is 7.86. The number of hydrogen-bond acceptors (Lipinski definition) is 8. The summed E-state index contributed by atoms with van der Waals surface area (Å²) in [4.78, 5) is 15.3. The summed E-state index contributed by atoms with van der Waals surface area (Å²) in [5.74, 6) is 0.636. The van der Waals surface area contributed by atoms with Gasteiger partial charge >= 0.3 is 10.1 Å². The Balaban J connectivity index is 1.69. The zero-order chi connectivity index (χ0) is 23.9. The highest BCUT2D eigenvalue weighted by atomic mass is 32.2. The summed E-state index contributed by atoms with van der Waals surface area (Å²) >= 11 is 0. The van der Waals surface area contributed by atoms with E-state index in [1.54, 1.807) is 36.4 Å². The van der Waals surface area contributed by atoms with Gasteiger partial charge in [0.05, 0.1) is 6.26 Å². The molecule has 1 aromatic heterocycles. The molecule has 2 aliphatic heterocycles. The van der Waals surface area contributed by atoms with E-state index in [0.29, 0.717) is 36.0 Å². The van der Waals surface area contributed by atoms with Crippen LogP contribution in [0.1, 0.15) is 17.5 Å². The van der Waals surface area contributed by atoms with E-state index in [4.69, 9.17) is 19.9 Å². The van der Waals surface area contributed by atoms with Crippen LogP contribution in [0.2, 0.25) is 0 Å². The van der Waals surface area contributed by atoms with Gasteiger partial charge in [-0.05, 0) is 53.4 Å². The number of nitrogens with zero attached hydrogens (tertiary/aromatic N) is 4. The van der Waals surface area contributed by atoms with Gasteiger partial charge in [0.15, 0.2) is 11.5 Å². The van der Waals surface area contributed by atoms with Gasteiger partial charge in [0, 0.05) is 24.8 Å². The topological polar surface area (TPSA) is 110 Å². The molecule has 0 bridgehead atoms. The van der Waals surface area contributed by atoms with Gasteiger partial charge in [0.25, 0.3) is 0 Å². The average molecular weight is 480 g/mol. The maximum Gasteiger partial charge on any atom is 0.306 e. The molecule has 3 aromatic rings. The van der Waals surface area contributed by atoms with Crippen LogP contribution in [0.15, 0.2) is 76.8 Å². The molecule has 1 atom stereocenters. The lowest BCUT2D eigenvalue weighted by Gasteiger charge is -2.33. The van der Waals surface area contributed by atoms with Gasteiger partial charge < -0.3 is 9.92 Å². The Bertz CT molecular complexity index is 1420. The summed E-state index contributed by atoms with van der Waals surface area (Å²) in [5, 5.41) is 0. The maximum absolute atomic E-state index is 14.5. The predicted molar refractivity (Wildman–Crippen MR) is 128 cm³/mol. The zero-order valence-corrected chi connectivity index (χ0v) is 19.2. The Kier molecular flexibility index (Phi) is 5.32. The van der Waals surface area contributed by atoms with Crippen molar-refractivity contribution in [2.24, 2.45) is 15.7 Å². The molecular weight excluding hydrogens is 457 g/mol. The minimum Gasteiger partial charge on any atom is -0.383 e. The second-order valence-corrected chi connectivity index (χ2v) is 9.70. The molecular formula is C24H22FN5O3S. The van der Waals surface area contributed by atoms with Crippen molar-refractivity contribution in [3.8, 4) is 16.9 Å². The second-order valence-electron chi connectivity index (χ2n) is 8.13. The highest BCUT2D eigenvalue weighted by Crippen LogP contribution is 2.43. The molecule has 2 N–H and O–H groups in total. The second kappa shape index (κ2) is 8.21. The van der Waals surface area contributed by atoms with Crippen molar-refractivity contribution in [3.63, 3.8) is 0 Å². The SMILES string of the molecule is CS(=O)(=O)Oc1ccc(C2(c3cccc(-c4cccnc4F)c3)N=C(N)N3CCCN=C32)cc1. The number of benzene rings is 2. The molecule has 0 spiro atoms. The molecule has 2 aromatic carbocycles. The molecule has 5 rings (SSSR count). The minimum absolute atomic E-state index is 0.185. The number of aliphatic imine (C=N–C) groups is 2. The fraction of sp³-hybridized carbons (Fsp3) is 0.208. The van der Waals surface area contributed by atoms with Crippen molar-refractivity contribution < 1.29 is 17.0 Å². The van der Waals surface area contributed by atoms with Gasteiger partial charge in [-0.25, -0.2) is 9.98 Å². The Hall–Kier alpha value is -3.79. The van der Waals surface area contributed by atoms with E-state index in [2.05, 4.69) is 4.98 Å². The summed E-state index contributed by atoms with van der Waals surface area (Å²) < 4.78 is 42.5. The third-order valence-corrected chi connectivity index (χ3v) is 6.30. The van der Waals surface area contributed by atoms with Crippen LogP contribution in [-0.4, -0.2) is 49.4 Å². The van der Waals surface area contributed by atoms with E-state index in [0.717, 1.165) is 23.8 Å². The lowest BCUT2D eigenvalue weighted by molar-refractivity contribution is 0.492. The molecule has 0 amide bonds. The number of fused-ring (bicyclic) bond motifs is 1. The van der Waals surface area contributed by atoms with E-state index in [1.807, 2.05) is 29.2 Å². The van der Waals surface area contributed by atoms with Crippen molar-refractivity contribution >= 4 is 21.9 Å². The molecule has 0 saturated carbocycles. The van der Waals surface area contributed by atoms with Gasteiger partial charge in [-0.15, -0.1) is 0 Å². The molecule has 8 nitrogen and oxygen atoms in total. The summed E-state index contributed by atoms with van der Waals surface area (Å²) in [5.41, 5.74) is 7.75. The van der Waals surface area contributed by atoms with Crippen molar-refractivity contribution in [3.05, 3.63) is 83.9 Å². The standard InChI is InChI=1S/C24H22FN5O3S/c1-34(31,32)33-19-10-8-17(9-11-19)24(22-28-13-4-14-30(22)23(26)29-24)18-6-2-5-16(15-18)20-7-3-12-27-21(20)25/h2-3,5-12,15H,4,13-14H2,1H3,(H2,26,29). The number of aromatic nitrogens is 1. The Labute approximate surface area is 196 Å². The Morgan fingerprint density at radius 3 is 2.62 bits per heavy atom. The molecule has 0 aliphatic carbocycles. The number of rotatable bonds is 5. The number of amidine groups is 1. The van der Waals surface area contributed by atoms with Gasteiger partial charge in [-0.3, -0.25) is 9.89 Å². The Morgan fingerprint density at radius 2 is 1.88 bits per heavy atom. The minimum atomic E-state index is -3.67. The van der Waals surface area contributed by atoms with E-state index in [1.165, 1.54) is 6.20 Å². The number of pyridine rings is 1. The van der Waals surface area contributed by atoms with Crippen molar-refractivity contribution in [2.45, 2.75) is 12.0 Å².